The quantitative estimate of drug-likeness (QED) is 0.301. The number of Topliss-reactive ketones (excluding diaryl/α,β-unsaturated/α-hetero) is 1. The minimum Gasteiger partial charge on any atom is -0.504 e. The standard InChI is InChI=1S/C26H36O10/c1-11(28)7-14-8-15-17(29)9-16-12(2)13(10-27)5-6-26(16,3)18(15)19(30)23(14)35-25-22(33)20(31)21(32)24(34-4)36-25/h8,11,16,20-22,24-25,27-28,30-33H,5-7,9-10H2,1-4H3. The van der Waals surface area contributed by atoms with E-state index >= 15 is 0 Å². The van der Waals surface area contributed by atoms with Crippen LogP contribution in [0.2, 0.25) is 0 Å². The number of phenols is 1. The molecule has 1 fully saturated rings. The number of rotatable bonds is 6. The van der Waals surface area contributed by atoms with Gasteiger partial charge in [0, 0.05) is 42.1 Å². The Morgan fingerprint density at radius 1 is 1.19 bits per heavy atom. The maximum Gasteiger partial charge on any atom is 0.231 e. The molecule has 0 aromatic heterocycles. The highest BCUT2D eigenvalue weighted by Crippen LogP contribution is 2.56. The van der Waals surface area contributed by atoms with Crippen molar-refractivity contribution >= 4 is 5.78 Å². The zero-order valence-corrected chi connectivity index (χ0v) is 21.0. The van der Waals surface area contributed by atoms with Crippen LogP contribution < -0.4 is 4.74 Å². The summed E-state index contributed by atoms with van der Waals surface area (Å²) in [7, 11) is 1.26. The van der Waals surface area contributed by atoms with Gasteiger partial charge in [-0.15, -0.1) is 0 Å². The van der Waals surface area contributed by atoms with E-state index in [1.54, 1.807) is 13.0 Å². The monoisotopic (exact) mass is 508 g/mol. The third kappa shape index (κ3) is 4.34. The number of carbonyl (C=O) groups excluding carboxylic acids is 1. The molecule has 8 unspecified atom stereocenters. The number of aliphatic hydroxyl groups is 5. The summed E-state index contributed by atoms with van der Waals surface area (Å²) in [5.74, 6) is -0.761. The molecule has 36 heavy (non-hydrogen) atoms. The lowest BCUT2D eigenvalue weighted by atomic mass is 9.56. The van der Waals surface area contributed by atoms with Gasteiger partial charge in [-0.05, 0) is 44.2 Å². The van der Waals surface area contributed by atoms with Crippen molar-refractivity contribution in [3.8, 4) is 11.5 Å². The number of allylic oxidation sites excluding steroid dienone is 1. The van der Waals surface area contributed by atoms with Gasteiger partial charge in [-0.3, -0.25) is 4.79 Å². The maximum absolute atomic E-state index is 13.3. The van der Waals surface area contributed by atoms with Gasteiger partial charge in [-0.25, -0.2) is 0 Å². The summed E-state index contributed by atoms with van der Waals surface area (Å²) in [6.45, 7) is 5.36. The van der Waals surface area contributed by atoms with Crippen LogP contribution in [0.15, 0.2) is 17.2 Å². The van der Waals surface area contributed by atoms with E-state index in [1.807, 2.05) is 13.8 Å². The predicted octanol–water partition coefficient (Wildman–Crippen LogP) is 0.669. The summed E-state index contributed by atoms with van der Waals surface area (Å²) in [5, 5.41) is 62.4. The minimum absolute atomic E-state index is 0.0406. The number of ether oxygens (including phenoxy) is 3. The van der Waals surface area contributed by atoms with Crippen molar-refractivity contribution in [3.63, 3.8) is 0 Å². The Hall–Kier alpha value is -2.05. The van der Waals surface area contributed by atoms with Crippen LogP contribution >= 0.6 is 0 Å². The largest absolute Gasteiger partial charge is 0.504 e. The molecule has 10 nitrogen and oxygen atoms in total. The molecule has 8 atom stereocenters. The lowest BCUT2D eigenvalue weighted by Crippen LogP contribution is -2.59. The molecule has 3 aliphatic rings. The SMILES string of the molecule is COC1OC(Oc2c(CC(C)O)cc3c(c2O)C2(C)CCC(CO)=C(C)C2CC3=O)C(O)C(O)C1O. The van der Waals surface area contributed by atoms with E-state index < -0.39 is 42.4 Å². The number of hydrogen-bond donors (Lipinski definition) is 6. The molecule has 0 bridgehead atoms. The van der Waals surface area contributed by atoms with E-state index in [1.165, 1.54) is 7.11 Å². The summed E-state index contributed by atoms with van der Waals surface area (Å²) in [4.78, 5) is 13.3. The van der Waals surface area contributed by atoms with Crippen LogP contribution in [0, 0.1) is 5.92 Å². The van der Waals surface area contributed by atoms with E-state index in [0.717, 1.165) is 11.1 Å². The third-order valence-corrected chi connectivity index (χ3v) is 8.09. The number of aliphatic hydroxyl groups excluding tert-OH is 5. The fourth-order valence-electron chi connectivity index (χ4n) is 6.01. The van der Waals surface area contributed by atoms with Gasteiger partial charge in [0.2, 0.25) is 6.29 Å². The molecule has 1 aromatic carbocycles. The number of carbonyl (C=O) groups is 1. The molecule has 0 saturated carbocycles. The highest BCUT2D eigenvalue weighted by Gasteiger charge is 2.50. The Morgan fingerprint density at radius 3 is 2.47 bits per heavy atom. The fourth-order valence-corrected chi connectivity index (χ4v) is 6.01. The summed E-state index contributed by atoms with van der Waals surface area (Å²) < 4.78 is 16.5. The molecule has 1 aromatic rings. The number of ketones is 1. The van der Waals surface area contributed by atoms with Gasteiger partial charge in [0.1, 0.15) is 18.3 Å². The Balaban J connectivity index is 1.84. The van der Waals surface area contributed by atoms with Crippen molar-refractivity contribution in [1.82, 2.24) is 0 Å². The van der Waals surface area contributed by atoms with Crippen molar-refractivity contribution in [1.29, 1.82) is 0 Å². The van der Waals surface area contributed by atoms with Crippen molar-refractivity contribution in [3.05, 3.63) is 33.9 Å². The Kier molecular flexibility index (Phi) is 7.51. The predicted molar refractivity (Wildman–Crippen MR) is 127 cm³/mol. The smallest absolute Gasteiger partial charge is 0.231 e. The Bertz CT molecular complexity index is 1050. The van der Waals surface area contributed by atoms with Gasteiger partial charge in [-0.1, -0.05) is 12.5 Å². The number of benzene rings is 1. The number of aromatic hydroxyl groups is 1. The van der Waals surface area contributed by atoms with Crippen molar-refractivity contribution in [2.75, 3.05) is 13.7 Å². The summed E-state index contributed by atoms with van der Waals surface area (Å²) >= 11 is 0. The average molecular weight is 509 g/mol. The second kappa shape index (κ2) is 10.0. The van der Waals surface area contributed by atoms with Crippen LogP contribution in [-0.4, -0.2) is 87.1 Å². The highest BCUT2D eigenvalue weighted by molar-refractivity contribution is 6.01. The van der Waals surface area contributed by atoms with Gasteiger partial charge in [0.05, 0.1) is 12.7 Å². The first-order chi connectivity index (χ1) is 16.9. The Labute approximate surface area is 209 Å². The van der Waals surface area contributed by atoms with Crippen molar-refractivity contribution < 1.29 is 49.6 Å². The van der Waals surface area contributed by atoms with Gasteiger partial charge in [-0.2, -0.15) is 0 Å². The molecule has 1 heterocycles. The molecular formula is C26H36O10. The number of phenolic OH excluding ortho intramolecular Hbond substituents is 1. The summed E-state index contributed by atoms with van der Waals surface area (Å²) in [5.41, 5.74) is 2.30. The summed E-state index contributed by atoms with van der Waals surface area (Å²) in [6, 6.07) is 1.61. The molecule has 200 valence electrons. The number of fused-ring (bicyclic) bond motifs is 3. The maximum atomic E-state index is 13.3. The Morgan fingerprint density at radius 2 is 1.86 bits per heavy atom. The molecule has 0 spiro atoms. The number of methoxy groups -OCH3 is 1. The second-order valence-corrected chi connectivity index (χ2v) is 10.4. The van der Waals surface area contributed by atoms with Gasteiger partial charge in [0.15, 0.2) is 23.6 Å². The summed E-state index contributed by atoms with van der Waals surface area (Å²) in [6.07, 6.45) is -7.00. The van der Waals surface area contributed by atoms with Crippen LogP contribution in [0.1, 0.15) is 61.5 Å². The molecule has 6 N–H and O–H groups in total. The highest BCUT2D eigenvalue weighted by atomic mass is 16.8. The lowest BCUT2D eigenvalue weighted by molar-refractivity contribution is -0.327. The molecule has 1 saturated heterocycles. The third-order valence-electron chi connectivity index (χ3n) is 8.09. The zero-order chi connectivity index (χ0) is 26.5. The average Bonchev–Trinajstić information content (AvgIpc) is 2.82. The van der Waals surface area contributed by atoms with Crippen molar-refractivity contribution in [2.24, 2.45) is 5.92 Å². The van der Waals surface area contributed by atoms with E-state index in [0.29, 0.717) is 29.5 Å². The molecule has 10 heteroatoms. The number of hydrogen-bond acceptors (Lipinski definition) is 10. The first-order valence-corrected chi connectivity index (χ1v) is 12.2. The normalized spacial score (nSPS) is 35.3. The lowest BCUT2D eigenvalue weighted by Gasteiger charge is -2.47. The van der Waals surface area contributed by atoms with Gasteiger partial charge >= 0.3 is 0 Å². The minimum atomic E-state index is -1.67. The molecule has 0 amide bonds. The second-order valence-electron chi connectivity index (χ2n) is 10.4. The van der Waals surface area contributed by atoms with Crippen molar-refractivity contribution in [2.45, 2.75) is 88.9 Å². The molecule has 2 aliphatic carbocycles. The fraction of sp³-hybridized carbons (Fsp3) is 0.654. The molecular weight excluding hydrogens is 472 g/mol. The van der Waals surface area contributed by atoms with E-state index in [4.69, 9.17) is 14.2 Å². The first kappa shape index (κ1) is 27.0. The van der Waals surface area contributed by atoms with Gasteiger partial charge in [0.25, 0.3) is 0 Å². The first-order valence-electron chi connectivity index (χ1n) is 12.2. The van der Waals surface area contributed by atoms with Crippen LogP contribution in [-0.2, 0) is 21.3 Å². The van der Waals surface area contributed by atoms with E-state index in [9.17, 15) is 35.4 Å². The van der Waals surface area contributed by atoms with E-state index in [2.05, 4.69) is 0 Å². The molecule has 4 rings (SSSR count). The van der Waals surface area contributed by atoms with Crippen LogP contribution in [0.5, 0.6) is 11.5 Å². The van der Waals surface area contributed by atoms with Crippen LogP contribution in [0.25, 0.3) is 0 Å². The molecule has 1 aliphatic heterocycles. The molecule has 0 radical (unpaired) electrons. The zero-order valence-electron chi connectivity index (χ0n) is 21.0. The van der Waals surface area contributed by atoms with E-state index in [-0.39, 0.29) is 42.6 Å². The van der Waals surface area contributed by atoms with Crippen LogP contribution in [0.4, 0.5) is 0 Å². The topological polar surface area (TPSA) is 166 Å². The van der Waals surface area contributed by atoms with Crippen LogP contribution in [0.3, 0.4) is 0 Å². The van der Waals surface area contributed by atoms with Gasteiger partial charge < -0.3 is 44.8 Å².